The van der Waals surface area contributed by atoms with Crippen molar-refractivity contribution in [2.75, 3.05) is 0 Å². The highest BCUT2D eigenvalue weighted by Gasteiger charge is 2.20. The third-order valence-electron chi connectivity index (χ3n) is 2.64. The van der Waals surface area contributed by atoms with Gasteiger partial charge in [0.05, 0.1) is 6.07 Å². The molecule has 0 saturated carbocycles. The molecule has 2 N–H and O–H groups in total. The molecular weight excluding hydrogens is 238 g/mol. The molecule has 2 aromatic rings. The smallest absolute Gasteiger partial charge is 0.170 e. The van der Waals surface area contributed by atoms with Crippen LogP contribution in [-0.2, 0) is 0 Å². The molecule has 0 heterocycles. The van der Waals surface area contributed by atoms with Gasteiger partial charge in [-0.05, 0) is 17.0 Å². The van der Waals surface area contributed by atoms with Gasteiger partial charge < -0.3 is 10.2 Å². The van der Waals surface area contributed by atoms with Gasteiger partial charge in [0, 0.05) is 10.4 Å². The number of nitriles is 1. The Morgan fingerprint density at radius 1 is 1.12 bits per heavy atom. The van der Waals surface area contributed by atoms with Gasteiger partial charge in [-0.1, -0.05) is 41.9 Å². The van der Waals surface area contributed by atoms with Gasteiger partial charge in [0.1, 0.15) is 6.10 Å². The van der Waals surface area contributed by atoms with Crippen molar-refractivity contribution in [1.29, 1.82) is 5.26 Å². The second-order valence-electron chi connectivity index (χ2n) is 3.70. The molecule has 2 unspecified atom stereocenters. The summed E-state index contributed by atoms with van der Waals surface area (Å²) in [4.78, 5) is 0. The van der Waals surface area contributed by atoms with Gasteiger partial charge in [-0.15, -0.1) is 0 Å². The molecule has 0 bridgehead atoms. The summed E-state index contributed by atoms with van der Waals surface area (Å²) in [6.07, 6.45) is -2.72. The quantitative estimate of drug-likeness (QED) is 0.801. The maximum atomic E-state index is 9.88. The number of hydrogen-bond acceptors (Lipinski definition) is 3. The molecule has 3 nitrogen and oxygen atoms in total. The lowest BCUT2D eigenvalue weighted by molar-refractivity contribution is 0.0538. The summed E-state index contributed by atoms with van der Waals surface area (Å²) >= 11 is 6.08. The highest BCUT2D eigenvalue weighted by atomic mass is 35.5. The number of benzene rings is 2. The summed E-state index contributed by atoms with van der Waals surface area (Å²) in [5.41, 5.74) is 0.460. The van der Waals surface area contributed by atoms with Gasteiger partial charge in [0.25, 0.3) is 0 Å². The first-order valence-electron chi connectivity index (χ1n) is 5.08. The first-order valence-corrected chi connectivity index (χ1v) is 5.46. The van der Waals surface area contributed by atoms with E-state index in [9.17, 15) is 10.2 Å². The predicted molar refractivity (Wildman–Crippen MR) is 65.5 cm³/mol. The lowest BCUT2D eigenvalue weighted by Gasteiger charge is -2.15. The van der Waals surface area contributed by atoms with E-state index in [4.69, 9.17) is 16.9 Å². The summed E-state index contributed by atoms with van der Waals surface area (Å²) in [5.74, 6) is 0. The van der Waals surface area contributed by atoms with E-state index in [1.165, 1.54) is 0 Å². The minimum Gasteiger partial charge on any atom is -0.385 e. The molecule has 0 radical (unpaired) electrons. The summed E-state index contributed by atoms with van der Waals surface area (Å²) in [5, 5.41) is 29.9. The largest absolute Gasteiger partial charge is 0.385 e. The fourth-order valence-electron chi connectivity index (χ4n) is 1.81. The summed E-state index contributed by atoms with van der Waals surface area (Å²) in [7, 11) is 0. The Bertz CT molecular complexity index is 586. The van der Waals surface area contributed by atoms with Crippen molar-refractivity contribution in [2.45, 2.75) is 12.2 Å². The van der Waals surface area contributed by atoms with Crippen LogP contribution in [0.2, 0.25) is 5.02 Å². The third kappa shape index (κ3) is 2.11. The number of aliphatic hydroxyl groups excluding tert-OH is 2. The van der Waals surface area contributed by atoms with Gasteiger partial charge in [0.2, 0.25) is 0 Å². The molecule has 0 spiro atoms. The van der Waals surface area contributed by atoms with Crippen molar-refractivity contribution in [3.8, 4) is 6.07 Å². The molecule has 0 amide bonds. The predicted octanol–water partition coefficient (Wildman–Crippen LogP) is 2.41. The van der Waals surface area contributed by atoms with Crippen LogP contribution in [-0.4, -0.2) is 16.3 Å². The highest BCUT2D eigenvalue weighted by molar-refractivity contribution is 6.35. The average molecular weight is 248 g/mol. The maximum absolute atomic E-state index is 9.88. The molecule has 0 aliphatic heterocycles. The third-order valence-corrected chi connectivity index (χ3v) is 2.95. The van der Waals surface area contributed by atoms with Gasteiger partial charge in [0.15, 0.2) is 6.10 Å². The molecule has 0 fully saturated rings. The van der Waals surface area contributed by atoms with Gasteiger partial charge >= 0.3 is 0 Å². The number of fused-ring (bicyclic) bond motifs is 1. The van der Waals surface area contributed by atoms with Crippen molar-refractivity contribution in [1.82, 2.24) is 0 Å². The summed E-state index contributed by atoms with van der Waals surface area (Å²) < 4.78 is 0. The zero-order chi connectivity index (χ0) is 12.4. The van der Waals surface area contributed by atoms with E-state index < -0.39 is 12.2 Å². The fourth-order valence-corrected chi connectivity index (χ4v) is 2.10. The highest BCUT2D eigenvalue weighted by Crippen LogP contribution is 2.31. The first kappa shape index (κ1) is 11.9. The minimum atomic E-state index is -1.46. The second kappa shape index (κ2) is 4.72. The molecule has 0 aromatic heterocycles. The fraction of sp³-hybridized carbons (Fsp3) is 0.154. The standard InChI is InChI=1S/C13H10ClNO2/c14-10-6-2-4-8-3-1-5-9(12(8)10)13(17)11(16)7-15/h1-6,11,13,16-17H. The first-order chi connectivity index (χ1) is 8.15. The van der Waals surface area contributed by atoms with E-state index in [1.54, 1.807) is 24.3 Å². The molecular formula is C13H10ClNO2. The SMILES string of the molecule is N#CC(O)C(O)c1cccc2cccc(Cl)c12. The van der Waals surface area contributed by atoms with Crippen LogP contribution in [0.1, 0.15) is 11.7 Å². The van der Waals surface area contributed by atoms with E-state index in [0.717, 1.165) is 5.39 Å². The van der Waals surface area contributed by atoms with Crippen LogP contribution in [0.4, 0.5) is 0 Å². The van der Waals surface area contributed by atoms with Crippen LogP contribution < -0.4 is 0 Å². The zero-order valence-corrected chi connectivity index (χ0v) is 9.59. The monoisotopic (exact) mass is 247 g/mol. The molecule has 0 aliphatic rings. The van der Waals surface area contributed by atoms with Crippen LogP contribution in [0.25, 0.3) is 10.8 Å². The molecule has 2 rings (SSSR count). The zero-order valence-electron chi connectivity index (χ0n) is 8.84. The summed E-state index contributed by atoms with van der Waals surface area (Å²) in [6, 6.07) is 12.2. The molecule has 2 aromatic carbocycles. The minimum absolute atomic E-state index is 0.460. The lowest BCUT2D eigenvalue weighted by atomic mass is 9.98. The van der Waals surface area contributed by atoms with Gasteiger partial charge in [-0.2, -0.15) is 5.26 Å². The molecule has 0 saturated heterocycles. The van der Waals surface area contributed by atoms with E-state index in [0.29, 0.717) is 16.0 Å². The summed E-state index contributed by atoms with van der Waals surface area (Å²) in [6.45, 7) is 0. The lowest BCUT2D eigenvalue weighted by Crippen LogP contribution is -2.16. The van der Waals surface area contributed by atoms with Crippen molar-refractivity contribution >= 4 is 22.4 Å². The normalized spacial score (nSPS) is 14.2. The number of hydrogen-bond donors (Lipinski definition) is 2. The van der Waals surface area contributed by atoms with E-state index in [1.807, 2.05) is 18.2 Å². The van der Waals surface area contributed by atoms with Crippen molar-refractivity contribution < 1.29 is 10.2 Å². The number of halogens is 1. The van der Waals surface area contributed by atoms with Gasteiger partial charge in [-0.3, -0.25) is 0 Å². The van der Waals surface area contributed by atoms with Crippen molar-refractivity contribution in [3.05, 3.63) is 47.0 Å². The van der Waals surface area contributed by atoms with E-state index in [-0.39, 0.29) is 0 Å². The molecule has 86 valence electrons. The topological polar surface area (TPSA) is 64.2 Å². The Balaban J connectivity index is 2.66. The van der Waals surface area contributed by atoms with Crippen molar-refractivity contribution in [3.63, 3.8) is 0 Å². The number of nitrogens with zero attached hydrogens (tertiary/aromatic N) is 1. The van der Waals surface area contributed by atoms with Crippen LogP contribution in [0, 0.1) is 11.3 Å². The Labute approximate surface area is 103 Å². The average Bonchev–Trinajstić information content (AvgIpc) is 2.36. The van der Waals surface area contributed by atoms with Gasteiger partial charge in [-0.25, -0.2) is 0 Å². The van der Waals surface area contributed by atoms with E-state index >= 15 is 0 Å². The molecule has 2 atom stereocenters. The Kier molecular flexibility index (Phi) is 3.30. The Morgan fingerprint density at radius 2 is 1.76 bits per heavy atom. The van der Waals surface area contributed by atoms with Crippen molar-refractivity contribution in [2.24, 2.45) is 0 Å². The second-order valence-corrected chi connectivity index (χ2v) is 4.11. The van der Waals surface area contributed by atoms with Crippen LogP contribution in [0.15, 0.2) is 36.4 Å². The molecule has 4 heteroatoms. The number of rotatable bonds is 2. The Morgan fingerprint density at radius 3 is 2.41 bits per heavy atom. The van der Waals surface area contributed by atoms with Crippen LogP contribution in [0.5, 0.6) is 0 Å². The number of aliphatic hydroxyl groups is 2. The van der Waals surface area contributed by atoms with Crippen LogP contribution >= 0.6 is 11.6 Å². The van der Waals surface area contributed by atoms with E-state index in [2.05, 4.69) is 0 Å². The Hall–Kier alpha value is -1.60. The molecule has 0 aliphatic carbocycles. The molecule has 17 heavy (non-hydrogen) atoms. The van der Waals surface area contributed by atoms with Crippen LogP contribution in [0.3, 0.4) is 0 Å². The maximum Gasteiger partial charge on any atom is 0.170 e.